The Kier molecular flexibility index (Phi) is 5.85. The summed E-state index contributed by atoms with van der Waals surface area (Å²) < 4.78 is 5.15. The second kappa shape index (κ2) is 7.68. The van der Waals surface area contributed by atoms with E-state index < -0.39 is 18.4 Å². The van der Waals surface area contributed by atoms with Gasteiger partial charge in [-0.25, -0.2) is 0 Å². The highest BCUT2D eigenvalue weighted by Crippen LogP contribution is 2.37. The van der Waals surface area contributed by atoms with Gasteiger partial charge in [0.25, 0.3) is 5.91 Å². The number of benzene rings is 1. The van der Waals surface area contributed by atoms with Gasteiger partial charge in [0.15, 0.2) is 0 Å². The molecule has 2 aromatic rings. The zero-order valence-electron chi connectivity index (χ0n) is 13.2. The summed E-state index contributed by atoms with van der Waals surface area (Å²) in [6.07, 6.45) is 0.617. The average Bonchev–Trinajstić information content (AvgIpc) is 2.87. The molecule has 1 N–H and O–H groups in total. The summed E-state index contributed by atoms with van der Waals surface area (Å²) in [5.41, 5.74) is 0.757. The minimum absolute atomic E-state index is 0.166. The summed E-state index contributed by atoms with van der Waals surface area (Å²) in [6.45, 7) is 3.33. The second-order valence-corrected chi connectivity index (χ2v) is 5.99. The van der Waals surface area contributed by atoms with Gasteiger partial charge in [0.05, 0.1) is 10.0 Å². The van der Waals surface area contributed by atoms with Gasteiger partial charge in [0.1, 0.15) is 23.6 Å². The molecule has 0 aliphatic rings. The van der Waals surface area contributed by atoms with Crippen LogP contribution >= 0.6 is 23.2 Å². The van der Waals surface area contributed by atoms with Crippen LogP contribution in [-0.4, -0.2) is 40.1 Å². The SMILES string of the molecule is CCCN(CC(=O)O)C(=O)c1c(-c2c(Cl)cccc2Cl)noc1C. The van der Waals surface area contributed by atoms with Crippen LogP contribution in [0.25, 0.3) is 11.3 Å². The molecule has 0 spiro atoms. The van der Waals surface area contributed by atoms with Gasteiger partial charge in [-0.05, 0) is 25.5 Å². The molecular formula is C16H16Cl2N2O4. The second-order valence-electron chi connectivity index (χ2n) is 5.18. The predicted molar refractivity (Wildman–Crippen MR) is 90.5 cm³/mol. The normalized spacial score (nSPS) is 10.7. The molecule has 0 aliphatic heterocycles. The van der Waals surface area contributed by atoms with Gasteiger partial charge in [-0.1, -0.05) is 41.3 Å². The topological polar surface area (TPSA) is 83.6 Å². The van der Waals surface area contributed by atoms with Crippen LogP contribution in [0.4, 0.5) is 0 Å². The van der Waals surface area contributed by atoms with Crippen LogP contribution in [0.5, 0.6) is 0 Å². The van der Waals surface area contributed by atoms with Crippen LogP contribution < -0.4 is 0 Å². The molecule has 0 unspecified atom stereocenters. The molecule has 1 heterocycles. The molecule has 0 bridgehead atoms. The van der Waals surface area contributed by atoms with Crippen molar-refractivity contribution in [2.24, 2.45) is 0 Å². The van der Waals surface area contributed by atoms with E-state index in [9.17, 15) is 9.59 Å². The fourth-order valence-corrected chi connectivity index (χ4v) is 2.94. The Morgan fingerprint density at radius 3 is 2.46 bits per heavy atom. The summed E-state index contributed by atoms with van der Waals surface area (Å²) in [5, 5.41) is 13.6. The number of nitrogens with zero attached hydrogens (tertiary/aromatic N) is 2. The van der Waals surface area contributed by atoms with Crippen molar-refractivity contribution >= 4 is 35.1 Å². The quantitative estimate of drug-likeness (QED) is 0.833. The van der Waals surface area contributed by atoms with E-state index >= 15 is 0 Å². The number of aliphatic carboxylic acids is 1. The van der Waals surface area contributed by atoms with Crippen molar-refractivity contribution in [2.45, 2.75) is 20.3 Å². The lowest BCUT2D eigenvalue weighted by atomic mass is 10.0. The lowest BCUT2D eigenvalue weighted by Gasteiger charge is -2.20. The highest BCUT2D eigenvalue weighted by atomic mass is 35.5. The summed E-state index contributed by atoms with van der Waals surface area (Å²) in [5.74, 6) is -1.30. The molecule has 0 radical (unpaired) electrons. The number of hydrogen-bond donors (Lipinski definition) is 1. The summed E-state index contributed by atoms with van der Waals surface area (Å²) in [7, 11) is 0. The number of rotatable bonds is 6. The van der Waals surface area contributed by atoms with Gasteiger partial charge >= 0.3 is 5.97 Å². The summed E-state index contributed by atoms with van der Waals surface area (Å²) in [4.78, 5) is 25.1. The van der Waals surface area contributed by atoms with Crippen molar-refractivity contribution in [2.75, 3.05) is 13.1 Å². The summed E-state index contributed by atoms with van der Waals surface area (Å²) >= 11 is 12.4. The number of carboxylic acid groups (broad SMARTS) is 1. The number of halogens is 2. The van der Waals surface area contributed by atoms with Crippen LogP contribution in [0, 0.1) is 6.92 Å². The maximum Gasteiger partial charge on any atom is 0.323 e. The van der Waals surface area contributed by atoms with Gasteiger partial charge < -0.3 is 14.5 Å². The third kappa shape index (κ3) is 3.71. The maximum absolute atomic E-state index is 12.8. The third-order valence-electron chi connectivity index (χ3n) is 3.38. The van der Waals surface area contributed by atoms with Gasteiger partial charge in [0.2, 0.25) is 0 Å². The van der Waals surface area contributed by atoms with Crippen LogP contribution in [-0.2, 0) is 4.79 Å². The number of amides is 1. The molecule has 0 saturated heterocycles. The Morgan fingerprint density at radius 1 is 1.29 bits per heavy atom. The Hall–Kier alpha value is -2.05. The lowest BCUT2D eigenvalue weighted by Crippen LogP contribution is -2.36. The Morgan fingerprint density at radius 2 is 1.92 bits per heavy atom. The highest BCUT2D eigenvalue weighted by molar-refractivity contribution is 6.39. The van der Waals surface area contributed by atoms with E-state index in [0.29, 0.717) is 28.6 Å². The molecule has 6 nitrogen and oxygen atoms in total. The molecular weight excluding hydrogens is 355 g/mol. The van der Waals surface area contributed by atoms with Gasteiger partial charge in [-0.2, -0.15) is 0 Å². The van der Waals surface area contributed by atoms with Gasteiger partial charge in [0, 0.05) is 12.1 Å². The predicted octanol–water partition coefficient (Wildman–Crippen LogP) is 3.89. The minimum Gasteiger partial charge on any atom is -0.480 e. The number of aromatic nitrogens is 1. The summed E-state index contributed by atoms with van der Waals surface area (Å²) in [6, 6.07) is 4.93. The van der Waals surface area contributed by atoms with Gasteiger partial charge in [-0.15, -0.1) is 0 Å². The number of hydrogen-bond acceptors (Lipinski definition) is 4. The van der Waals surface area contributed by atoms with E-state index in [-0.39, 0.29) is 17.0 Å². The monoisotopic (exact) mass is 370 g/mol. The first kappa shape index (κ1) is 18.3. The first-order valence-electron chi connectivity index (χ1n) is 7.28. The van der Waals surface area contributed by atoms with E-state index in [2.05, 4.69) is 5.16 Å². The smallest absolute Gasteiger partial charge is 0.323 e. The van der Waals surface area contributed by atoms with Crippen LogP contribution in [0.2, 0.25) is 10.0 Å². The van der Waals surface area contributed by atoms with E-state index in [0.717, 1.165) is 0 Å². The van der Waals surface area contributed by atoms with Crippen molar-refractivity contribution in [1.29, 1.82) is 0 Å². The molecule has 2 rings (SSSR count). The Bertz CT molecular complexity index is 753. The molecule has 1 aromatic carbocycles. The van der Waals surface area contributed by atoms with Crippen LogP contribution in [0.1, 0.15) is 29.5 Å². The van der Waals surface area contributed by atoms with Crippen molar-refractivity contribution in [3.8, 4) is 11.3 Å². The van der Waals surface area contributed by atoms with E-state index in [1.807, 2.05) is 6.92 Å². The molecule has 0 fully saturated rings. The molecule has 24 heavy (non-hydrogen) atoms. The zero-order chi connectivity index (χ0) is 17.9. The van der Waals surface area contributed by atoms with E-state index in [1.165, 1.54) is 4.90 Å². The van der Waals surface area contributed by atoms with Crippen LogP contribution in [0.3, 0.4) is 0 Å². The molecule has 128 valence electrons. The maximum atomic E-state index is 12.8. The molecule has 1 aromatic heterocycles. The molecule has 0 aliphatic carbocycles. The largest absolute Gasteiger partial charge is 0.480 e. The van der Waals surface area contributed by atoms with E-state index in [1.54, 1.807) is 25.1 Å². The fourth-order valence-electron chi connectivity index (χ4n) is 2.36. The molecule has 8 heteroatoms. The van der Waals surface area contributed by atoms with Gasteiger partial charge in [-0.3, -0.25) is 9.59 Å². The fraction of sp³-hybridized carbons (Fsp3) is 0.312. The number of carbonyl (C=O) groups is 2. The minimum atomic E-state index is -1.09. The van der Waals surface area contributed by atoms with Crippen molar-refractivity contribution in [3.63, 3.8) is 0 Å². The highest BCUT2D eigenvalue weighted by Gasteiger charge is 2.28. The standard InChI is InChI=1S/C16H16Cl2N2O4/c1-3-7-20(8-12(21)22)16(23)13-9(2)24-19-15(13)14-10(17)5-4-6-11(14)18/h4-6H,3,7-8H2,1-2H3,(H,21,22). The molecule has 0 saturated carbocycles. The average molecular weight is 371 g/mol. The Balaban J connectivity index is 2.53. The number of carboxylic acids is 1. The first-order valence-corrected chi connectivity index (χ1v) is 8.04. The number of carbonyl (C=O) groups excluding carboxylic acids is 1. The lowest BCUT2D eigenvalue weighted by molar-refractivity contribution is -0.137. The van der Waals surface area contributed by atoms with Crippen LogP contribution in [0.15, 0.2) is 22.7 Å². The Labute approximate surface area is 148 Å². The molecule has 1 amide bonds. The van der Waals surface area contributed by atoms with E-state index in [4.69, 9.17) is 32.8 Å². The van der Waals surface area contributed by atoms with Crippen molar-refractivity contribution in [3.05, 3.63) is 39.6 Å². The first-order chi connectivity index (χ1) is 11.4. The molecule has 0 atom stereocenters. The van der Waals surface area contributed by atoms with Crippen molar-refractivity contribution < 1.29 is 19.2 Å². The number of aryl methyl sites for hydroxylation is 1. The van der Waals surface area contributed by atoms with Crippen molar-refractivity contribution in [1.82, 2.24) is 10.1 Å². The third-order valence-corrected chi connectivity index (χ3v) is 4.01. The zero-order valence-corrected chi connectivity index (χ0v) is 14.7.